The van der Waals surface area contributed by atoms with E-state index in [1.807, 2.05) is 24.3 Å². The molecule has 0 bridgehead atoms. The SMILES string of the molecule is COCOc1cc(/C=C/c2cc3c(c(OC)c2)O[C@]2(C)CC[C@@H](O)C(C)(C)[C@H]2C3)cc(OCOC)c1CC=C(C)C. The highest BCUT2D eigenvalue weighted by molar-refractivity contribution is 5.74. The van der Waals surface area contributed by atoms with Gasteiger partial charge in [0, 0.05) is 25.7 Å². The van der Waals surface area contributed by atoms with E-state index in [0.29, 0.717) is 17.9 Å². The standard InChI is InChI=1S/C34H46O7/c1-22(2)9-12-26-27(39-20-36-6)16-24(17-28(26)40-21-37-7)11-10-23-15-25-19-30-33(3,4)31(35)13-14-34(30,5)41-32(25)29(18-23)38-8/h9-11,15-18,30-31,35H,12-14,19-21H2,1-8H3/b11-10+/t30-,31-,34-/m1/s1. The summed E-state index contributed by atoms with van der Waals surface area (Å²) in [6.45, 7) is 10.9. The minimum Gasteiger partial charge on any atom is -0.493 e. The van der Waals surface area contributed by atoms with Crippen molar-refractivity contribution in [2.45, 2.75) is 72.0 Å². The van der Waals surface area contributed by atoms with Gasteiger partial charge in [-0.25, -0.2) is 0 Å². The summed E-state index contributed by atoms with van der Waals surface area (Å²) < 4.78 is 34.8. The van der Waals surface area contributed by atoms with E-state index in [1.54, 1.807) is 21.3 Å². The zero-order valence-electron chi connectivity index (χ0n) is 25.8. The minimum atomic E-state index is -0.348. The summed E-state index contributed by atoms with van der Waals surface area (Å²) in [7, 11) is 4.89. The van der Waals surface area contributed by atoms with Crippen LogP contribution in [0.25, 0.3) is 12.2 Å². The number of aliphatic hydroxyl groups is 1. The molecular formula is C34H46O7. The van der Waals surface area contributed by atoms with Crippen molar-refractivity contribution >= 4 is 12.2 Å². The maximum absolute atomic E-state index is 10.8. The first-order valence-corrected chi connectivity index (χ1v) is 14.3. The van der Waals surface area contributed by atoms with Gasteiger partial charge in [0.25, 0.3) is 0 Å². The molecule has 0 radical (unpaired) electrons. The summed E-state index contributed by atoms with van der Waals surface area (Å²) in [5.74, 6) is 3.11. The lowest BCUT2D eigenvalue weighted by Crippen LogP contribution is -2.58. The van der Waals surface area contributed by atoms with Crippen molar-refractivity contribution in [2.75, 3.05) is 34.9 Å². The maximum atomic E-state index is 10.8. The van der Waals surface area contributed by atoms with Crippen LogP contribution in [0.15, 0.2) is 35.9 Å². The Bertz CT molecular complexity index is 1250. The lowest BCUT2D eigenvalue weighted by molar-refractivity contribution is -0.138. The van der Waals surface area contributed by atoms with Crippen LogP contribution in [0.5, 0.6) is 23.0 Å². The second kappa shape index (κ2) is 12.9. The Morgan fingerprint density at radius 2 is 1.51 bits per heavy atom. The van der Waals surface area contributed by atoms with E-state index in [-0.39, 0.29) is 36.6 Å². The Morgan fingerprint density at radius 1 is 0.927 bits per heavy atom. The summed E-state index contributed by atoms with van der Waals surface area (Å²) >= 11 is 0. The Hall–Kier alpha value is -3.00. The Kier molecular flexibility index (Phi) is 9.73. The van der Waals surface area contributed by atoms with E-state index in [4.69, 9.17) is 28.4 Å². The molecule has 1 aliphatic carbocycles. The fourth-order valence-electron chi connectivity index (χ4n) is 6.18. The third kappa shape index (κ3) is 6.74. The van der Waals surface area contributed by atoms with Crippen molar-refractivity contribution in [1.82, 2.24) is 0 Å². The van der Waals surface area contributed by atoms with Crippen LogP contribution in [0.4, 0.5) is 0 Å². The predicted octanol–water partition coefficient (Wildman–Crippen LogP) is 6.83. The van der Waals surface area contributed by atoms with Gasteiger partial charge in [0.15, 0.2) is 25.1 Å². The molecule has 224 valence electrons. The van der Waals surface area contributed by atoms with Gasteiger partial charge in [-0.3, -0.25) is 0 Å². The number of benzene rings is 2. The molecule has 1 aliphatic heterocycles. The fourth-order valence-corrected chi connectivity index (χ4v) is 6.18. The number of hydrogen-bond donors (Lipinski definition) is 1. The molecule has 0 spiro atoms. The Labute approximate surface area is 245 Å². The zero-order chi connectivity index (χ0) is 29.8. The third-order valence-corrected chi connectivity index (χ3v) is 8.58. The third-order valence-electron chi connectivity index (χ3n) is 8.58. The van der Waals surface area contributed by atoms with Crippen LogP contribution in [0, 0.1) is 11.3 Å². The van der Waals surface area contributed by atoms with Crippen LogP contribution in [0.2, 0.25) is 0 Å². The van der Waals surface area contributed by atoms with Gasteiger partial charge in [0.2, 0.25) is 0 Å². The average molecular weight is 567 g/mol. The van der Waals surface area contributed by atoms with Gasteiger partial charge in [-0.1, -0.05) is 37.6 Å². The van der Waals surface area contributed by atoms with Gasteiger partial charge in [-0.15, -0.1) is 0 Å². The van der Waals surface area contributed by atoms with Crippen molar-refractivity contribution < 1.29 is 33.5 Å². The highest BCUT2D eigenvalue weighted by atomic mass is 16.7. The number of ether oxygens (including phenoxy) is 6. The summed E-state index contributed by atoms with van der Waals surface area (Å²) in [5, 5.41) is 10.8. The summed E-state index contributed by atoms with van der Waals surface area (Å²) in [6.07, 6.45) is 8.92. The highest BCUT2D eigenvalue weighted by Gasteiger charge is 2.54. The normalized spacial score (nSPS) is 22.9. The van der Waals surface area contributed by atoms with E-state index >= 15 is 0 Å². The van der Waals surface area contributed by atoms with Gasteiger partial charge in [0.05, 0.1) is 13.2 Å². The Morgan fingerprint density at radius 3 is 2.07 bits per heavy atom. The molecule has 0 unspecified atom stereocenters. The first-order valence-electron chi connectivity index (χ1n) is 14.3. The molecule has 1 N–H and O–H groups in total. The molecule has 4 rings (SSSR count). The molecule has 1 fully saturated rings. The number of methoxy groups -OCH3 is 3. The van der Waals surface area contributed by atoms with Crippen molar-refractivity contribution in [3.05, 3.63) is 58.2 Å². The second-order valence-corrected chi connectivity index (χ2v) is 12.2. The first-order chi connectivity index (χ1) is 19.5. The monoisotopic (exact) mass is 566 g/mol. The van der Waals surface area contributed by atoms with E-state index in [9.17, 15) is 5.11 Å². The second-order valence-electron chi connectivity index (χ2n) is 12.2. The number of aliphatic hydroxyl groups excluding tert-OH is 1. The predicted molar refractivity (Wildman–Crippen MR) is 162 cm³/mol. The molecule has 1 heterocycles. The molecule has 0 aromatic heterocycles. The quantitative estimate of drug-likeness (QED) is 0.182. The fraction of sp³-hybridized carbons (Fsp3) is 0.529. The zero-order valence-corrected chi connectivity index (χ0v) is 25.8. The molecule has 2 aromatic carbocycles. The molecular weight excluding hydrogens is 520 g/mol. The van der Waals surface area contributed by atoms with Crippen LogP contribution in [0.3, 0.4) is 0 Å². The maximum Gasteiger partial charge on any atom is 0.188 e. The van der Waals surface area contributed by atoms with Gasteiger partial charge < -0.3 is 33.5 Å². The molecule has 41 heavy (non-hydrogen) atoms. The molecule has 0 amide bonds. The smallest absolute Gasteiger partial charge is 0.188 e. The topological polar surface area (TPSA) is 75.6 Å². The summed E-state index contributed by atoms with van der Waals surface area (Å²) in [5.41, 5.74) is 4.55. The summed E-state index contributed by atoms with van der Waals surface area (Å²) in [6, 6.07) is 8.17. The molecule has 7 nitrogen and oxygen atoms in total. The van der Waals surface area contributed by atoms with E-state index < -0.39 is 0 Å². The van der Waals surface area contributed by atoms with Crippen molar-refractivity contribution in [3.63, 3.8) is 0 Å². The number of hydrogen-bond acceptors (Lipinski definition) is 7. The van der Waals surface area contributed by atoms with Crippen LogP contribution >= 0.6 is 0 Å². The van der Waals surface area contributed by atoms with Crippen molar-refractivity contribution in [2.24, 2.45) is 11.3 Å². The highest BCUT2D eigenvalue weighted by Crippen LogP contribution is 2.55. The summed E-state index contributed by atoms with van der Waals surface area (Å²) in [4.78, 5) is 0. The lowest BCUT2D eigenvalue weighted by atomic mass is 9.57. The molecule has 3 atom stereocenters. The van der Waals surface area contributed by atoms with Crippen molar-refractivity contribution in [1.29, 1.82) is 0 Å². The van der Waals surface area contributed by atoms with Crippen LogP contribution in [-0.2, 0) is 22.3 Å². The molecule has 2 aromatic rings. The molecule has 0 saturated heterocycles. The molecule has 1 saturated carbocycles. The van der Waals surface area contributed by atoms with E-state index in [2.05, 4.69) is 52.8 Å². The van der Waals surface area contributed by atoms with Crippen LogP contribution in [-0.4, -0.2) is 51.7 Å². The van der Waals surface area contributed by atoms with Gasteiger partial charge >= 0.3 is 0 Å². The number of rotatable bonds is 11. The van der Waals surface area contributed by atoms with Gasteiger partial charge in [-0.2, -0.15) is 0 Å². The molecule has 7 heteroatoms. The van der Waals surface area contributed by atoms with Gasteiger partial charge in [0.1, 0.15) is 17.1 Å². The lowest BCUT2D eigenvalue weighted by Gasteiger charge is -2.55. The average Bonchev–Trinajstić information content (AvgIpc) is 2.94. The Balaban J connectivity index is 1.71. The first kappa shape index (κ1) is 30.9. The van der Waals surface area contributed by atoms with Crippen LogP contribution in [0.1, 0.15) is 69.7 Å². The van der Waals surface area contributed by atoms with E-state index in [1.165, 1.54) is 5.57 Å². The van der Waals surface area contributed by atoms with Crippen LogP contribution < -0.4 is 18.9 Å². The van der Waals surface area contributed by atoms with E-state index in [0.717, 1.165) is 53.0 Å². The number of allylic oxidation sites excluding steroid dienone is 2. The van der Waals surface area contributed by atoms with Crippen molar-refractivity contribution in [3.8, 4) is 23.0 Å². The van der Waals surface area contributed by atoms with Gasteiger partial charge in [-0.05, 0) is 92.8 Å². The largest absolute Gasteiger partial charge is 0.493 e. The molecule has 2 aliphatic rings. The minimum absolute atomic E-state index is 0.131. The number of fused-ring (bicyclic) bond motifs is 2.